The van der Waals surface area contributed by atoms with Gasteiger partial charge in [0.15, 0.2) is 24.8 Å². The summed E-state index contributed by atoms with van der Waals surface area (Å²) in [6.07, 6.45) is 28.0. The lowest BCUT2D eigenvalue weighted by atomic mass is 9.84. The molecule has 714 valence electrons. The number of hydrogen-bond acceptors (Lipinski definition) is 24. The average molecular weight is 1750 g/mol. The van der Waals surface area contributed by atoms with Gasteiger partial charge in [0.05, 0.1) is 13.2 Å². The Morgan fingerprint density at radius 1 is 0.322 bits per heavy atom. The number of aliphatic hydroxyl groups is 9. The second-order valence-electron chi connectivity index (χ2n) is 36.2. The van der Waals surface area contributed by atoms with E-state index in [9.17, 15) is 74.6 Å². The summed E-state index contributed by atoms with van der Waals surface area (Å²) in [5.41, 5.74) is 0. The number of rotatable bonds is 80. The molecule has 20 unspecified atom stereocenters. The molecule has 1 aliphatic carbocycles. The monoisotopic (exact) mass is 1750 g/mol. The molecule has 0 amide bonds. The topological polar surface area (TPSA) is 380 Å². The zero-order chi connectivity index (χ0) is 88.5. The maximum Gasteiger partial charge on any atom is 0.472 e. The van der Waals surface area contributed by atoms with Crippen molar-refractivity contribution in [1.82, 2.24) is 0 Å². The van der Waals surface area contributed by atoms with E-state index in [4.69, 9.17) is 46.9 Å². The number of phosphoric ester groups is 1. The number of phosphoric acid groups is 1. The second kappa shape index (κ2) is 72.3. The highest BCUT2D eigenvalue weighted by Gasteiger charge is 2.60. The Labute approximate surface area is 731 Å². The van der Waals surface area contributed by atoms with E-state index in [2.05, 4.69) is 41.5 Å². The standard InChI is InChI=1S/C95H179O25P/c1-7-11-15-19-23-25-27-29-31-33-35-37-39-49-57-65-78(97)111-70-75(114-80(99)67-59-51-43-41-47-55-63-73(5)61-53-45-21-17-13-9-3)71-113-121(109,110)120-93-91(118-94-88(107)84(103)82(101)76(69-96)115-94)87(106)86(105)90(117-81(100)68-60-52-44-42-48-56-64-74(6)62-54-46-22-18-14-10-4)92(93)119-95-89(108)85(104)83(102)77(116-95)72-112-79(98)66-58-50-40-38-36-34-32-30-28-26-24-20-16-12-8-2/h73-77,82-96,101-108H,7-72H2,1-6H3,(H,109,110). The van der Waals surface area contributed by atoms with E-state index in [0.29, 0.717) is 43.9 Å². The first-order chi connectivity index (χ1) is 58.5. The van der Waals surface area contributed by atoms with E-state index in [1.165, 1.54) is 212 Å². The van der Waals surface area contributed by atoms with E-state index in [1.54, 1.807) is 0 Å². The summed E-state index contributed by atoms with van der Waals surface area (Å²) in [7, 11) is -5.81. The van der Waals surface area contributed by atoms with Gasteiger partial charge in [-0.1, -0.05) is 388 Å². The summed E-state index contributed by atoms with van der Waals surface area (Å²) in [5.74, 6) is -1.65. The predicted octanol–water partition coefficient (Wildman–Crippen LogP) is 19.0. The number of carbonyl (C=O) groups excluding carboxylic acids is 4. The summed E-state index contributed by atoms with van der Waals surface area (Å²) >= 11 is 0. The van der Waals surface area contributed by atoms with Crippen LogP contribution >= 0.6 is 7.82 Å². The Morgan fingerprint density at radius 2 is 0.620 bits per heavy atom. The van der Waals surface area contributed by atoms with Crippen molar-refractivity contribution in [3.8, 4) is 0 Å². The molecule has 2 aliphatic heterocycles. The molecule has 0 aromatic rings. The van der Waals surface area contributed by atoms with E-state index in [0.717, 1.165) is 128 Å². The van der Waals surface area contributed by atoms with Crippen molar-refractivity contribution in [2.75, 3.05) is 26.4 Å². The van der Waals surface area contributed by atoms with Crippen molar-refractivity contribution in [2.24, 2.45) is 11.8 Å². The van der Waals surface area contributed by atoms with Gasteiger partial charge >= 0.3 is 31.7 Å². The summed E-state index contributed by atoms with van der Waals surface area (Å²) < 4.78 is 73.7. The molecule has 20 atom stereocenters. The molecule has 26 heteroatoms. The molecule has 3 aliphatic rings. The minimum atomic E-state index is -5.81. The third-order valence-corrected chi connectivity index (χ3v) is 25.9. The van der Waals surface area contributed by atoms with Gasteiger partial charge in [0.1, 0.15) is 92.6 Å². The number of esters is 4. The fourth-order valence-electron chi connectivity index (χ4n) is 16.9. The zero-order valence-electron chi connectivity index (χ0n) is 76.7. The molecule has 2 heterocycles. The van der Waals surface area contributed by atoms with Crippen LogP contribution in [0.25, 0.3) is 0 Å². The van der Waals surface area contributed by atoms with Crippen LogP contribution in [-0.2, 0) is 70.7 Å². The maximum atomic E-state index is 15.0. The quantitative estimate of drug-likeness (QED) is 0.0117. The van der Waals surface area contributed by atoms with Gasteiger partial charge in [-0.2, -0.15) is 0 Å². The van der Waals surface area contributed by atoms with Gasteiger partial charge < -0.3 is 88.7 Å². The normalized spacial score (nSPS) is 25.1. The van der Waals surface area contributed by atoms with Gasteiger partial charge in [0, 0.05) is 25.7 Å². The molecule has 1 saturated carbocycles. The van der Waals surface area contributed by atoms with Crippen LogP contribution in [0.4, 0.5) is 0 Å². The first-order valence-corrected chi connectivity index (χ1v) is 51.0. The maximum absolute atomic E-state index is 15.0. The molecule has 0 aromatic heterocycles. The van der Waals surface area contributed by atoms with Gasteiger partial charge in [-0.15, -0.1) is 0 Å². The lowest BCUT2D eigenvalue weighted by Crippen LogP contribution is -2.70. The third-order valence-electron chi connectivity index (χ3n) is 24.9. The summed E-state index contributed by atoms with van der Waals surface area (Å²) in [5, 5.41) is 103. The smallest absolute Gasteiger partial charge is 0.463 e. The molecule has 3 fully saturated rings. The van der Waals surface area contributed by atoms with Gasteiger partial charge in [-0.05, 0) is 37.5 Å². The van der Waals surface area contributed by atoms with Gasteiger partial charge in [-0.3, -0.25) is 28.2 Å². The van der Waals surface area contributed by atoms with Crippen LogP contribution in [0.15, 0.2) is 0 Å². The van der Waals surface area contributed by atoms with Gasteiger partial charge in [0.2, 0.25) is 0 Å². The molecule has 10 N–H and O–H groups in total. The number of hydrogen-bond donors (Lipinski definition) is 10. The lowest BCUT2D eigenvalue weighted by molar-refractivity contribution is -0.360. The fourth-order valence-corrected chi connectivity index (χ4v) is 17.8. The molecule has 121 heavy (non-hydrogen) atoms. The average Bonchev–Trinajstić information content (AvgIpc) is 0.753. The Morgan fingerprint density at radius 3 is 0.983 bits per heavy atom. The second-order valence-corrected chi connectivity index (χ2v) is 37.6. The van der Waals surface area contributed by atoms with Crippen LogP contribution in [0.3, 0.4) is 0 Å². The van der Waals surface area contributed by atoms with E-state index < -0.39 is 162 Å². The highest BCUT2D eigenvalue weighted by Crippen LogP contribution is 2.49. The summed E-state index contributed by atoms with van der Waals surface area (Å²) in [6, 6.07) is 0. The molecule has 3 rings (SSSR count). The third kappa shape index (κ3) is 52.7. The van der Waals surface area contributed by atoms with E-state index >= 15 is 0 Å². The van der Waals surface area contributed by atoms with Crippen molar-refractivity contribution < 1.29 is 122 Å². The summed E-state index contributed by atoms with van der Waals surface area (Å²) in [4.78, 5) is 66.7. The molecular formula is C95H179O25P. The Bertz CT molecular complexity index is 2540. The van der Waals surface area contributed by atoms with Gasteiger partial charge in [0.25, 0.3) is 0 Å². The number of unbranched alkanes of at least 4 members (excludes halogenated alkanes) is 48. The first-order valence-electron chi connectivity index (χ1n) is 49.6. The number of aliphatic hydroxyl groups excluding tert-OH is 9. The van der Waals surface area contributed by atoms with Crippen molar-refractivity contribution in [3.05, 3.63) is 0 Å². The van der Waals surface area contributed by atoms with Crippen LogP contribution in [0.1, 0.15) is 440 Å². The SMILES string of the molecule is CCCCCCCCCCCCCCCCCC(=O)OCC(COP(=O)(O)OC1C(OC2OC(CO)C(O)C(O)C2O)C(O)C(O)C(OC(=O)CCCCCCCCC(C)CCCCCCCC)C1OC1OC(COC(=O)CCCCCCCCCCCCCCCCC)C(O)C(O)C1O)OC(=O)CCCCCCCCC(C)CCCCCCCC. The molecule has 25 nitrogen and oxygen atoms in total. The largest absolute Gasteiger partial charge is 0.472 e. The number of ether oxygens (including phenoxy) is 8. The van der Waals surface area contributed by atoms with Crippen molar-refractivity contribution in [1.29, 1.82) is 0 Å². The molecule has 0 spiro atoms. The molecule has 0 radical (unpaired) electrons. The van der Waals surface area contributed by atoms with E-state index in [1.807, 2.05) is 0 Å². The Kier molecular flexibility index (Phi) is 67.3. The minimum Gasteiger partial charge on any atom is -0.463 e. The summed E-state index contributed by atoms with van der Waals surface area (Å²) in [6.45, 7) is 10.3. The van der Waals surface area contributed by atoms with Crippen LogP contribution in [-0.4, -0.2) is 205 Å². The minimum absolute atomic E-state index is 0.0193. The molecule has 0 bridgehead atoms. The first kappa shape index (κ1) is 113. The zero-order valence-corrected chi connectivity index (χ0v) is 77.6. The van der Waals surface area contributed by atoms with E-state index in [-0.39, 0.29) is 25.7 Å². The Hall–Kier alpha value is -2.53. The highest BCUT2D eigenvalue weighted by atomic mass is 31.2. The van der Waals surface area contributed by atoms with Crippen LogP contribution in [0.5, 0.6) is 0 Å². The number of carbonyl (C=O) groups is 4. The van der Waals surface area contributed by atoms with Crippen molar-refractivity contribution >= 4 is 31.7 Å². The fraction of sp³-hybridized carbons (Fsp3) is 0.958. The lowest BCUT2D eigenvalue weighted by Gasteiger charge is -2.50. The van der Waals surface area contributed by atoms with Gasteiger partial charge in [-0.25, -0.2) is 4.57 Å². The Balaban J connectivity index is 1.92. The van der Waals surface area contributed by atoms with Crippen molar-refractivity contribution in [3.63, 3.8) is 0 Å². The molecule has 2 saturated heterocycles. The molecule has 0 aromatic carbocycles. The predicted molar refractivity (Wildman–Crippen MR) is 472 cm³/mol. The molecular weight excluding hydrogens is 1570 g/mol. The van der Waals surface area contributed by atoms with Crippen LogP contribution in [0, 0.1) is 11.8 Å². The highest BCUT2D eigenvalue weighted by molar-refractivity contribution is 7.47. The van der Waals surface area contributed by atoms with Crippen LogP contribution in [0.2, 0.25) is 0 Å². The van der Waals surface area contributed by atoms with Crippen LogP contribution < -0.4 is 0 Å². The van der Waals surface area contributed by atoms with Crippen molar-refractivity contribution in [2.45, 2.75) is 544 Å².